The highest BCUT2D eigenvalue weighted by atomic mass is 32.2. The standard InChI is InChI=1S/C40H73NOS/c1-5-7-9-11-13-15-17-19-21-23-25-27-29-31-33-35-37-40(42-38-39-43-41(3)4)36-34-32-30-28-26-24-22-20-18-16-14-12-10-8-6-2/h12-15,18-21,38-40H,5-11,16-17,22-37H2,1-4H3/b14-12-,15-13-,20-18-,21-19-,39-38+. The Balaban J connectivity index is 3.87. The third-order valence-electron chi connectivity index (χ3n) is 7.80. The first-order valence-electron chi connectivity index (χ1n) is 18.4. The molecule has 1 unspecified atom stereocenters. The fraction of sp³-hybridized carbons (Fsp3) is 0.750. The van der Waals surface area contributed by atoms with Crippen LogP contribution in [-0.2, 0) is 4.74 Å². The molecule has 1 atom stereocenters. The molecule has 0 radical (unpaired) electrons. The summed E-state index contributed by atoms with van der Waals surface area (Å²) in [7, 11) is 4.14. The van der Waals surface area contributed by atoms with Gasteiger partial charge in [-0.05, 0) is 110 Å². The van der Waals surface area contributed by atoms with Crippen LogP contribution in [0.1, 0.15) is 174 Å². The molecule has 0 N–H and O–H groups in total. The number of unbranched alkanes of at least 4 members (excludes halogenated alkanes) is 17. The molecule has 43 heavy (non-hydrogen) atoms. The smallest absolute Gasteiger partial charge is 0.0978 e. The molecule has 0 aliphatic carbocycles. The van der Waals surface area contributed by atoms with E-state index in [1.165, 1.54) is 148 Å². The van der Waals surface area contributed by atoms with Crippen LogP contribution in [0.4, 0.5) is 0 Å². The quantitative estimate of drug-likeness (QED) is 0.0315. The second-order valence-corrected chi connectivity index (χ2v) is 13.6. The van der Waals surface area contributed by atoms with Crippen LogP contribution in [0.2, 0.25) is 0 Å². The first-order chi connectivity index (χ1) is 21.2. The summed E-state index contributed by atoms with van der Waals surface area (Å²) in [5, 5.41) is 2.07. The average Bonchev–Trinajstić information content (AvgIpc) is 3.00. The molecule has 3 heteroatoms. The summed E-state index contributed by atoms with van der Waals surface area (Å²) in [5.41, 5.74) is 0. The molecule has 0 aromatic heterocycles. The third kappa shape index (κ3) is 36.9. The Morgan fingerprint density at radius 1 is 0.488 bits per heavy atom. The minimum absolute atomic E-state index is 0.381. The van der Waals surface area contributed by atoms with Crippen molar-refractivity contribution in [1.29, 1.82) is 0 Å². The molecule has 0 aliphatic heterocycles. The van der Waals surface area contributed by atoms with Gasteiger partial charge in [-0.3, -0.25) is 4.31 Å². The molecule has 0 spiro atoms. The predicted octanol–water partition coefficient (Wildman–Crippen LogP) is 14.1. The zero-order valence-electron chi connectivity index (χ0n) is 29.3. The van der Waals surface area contributed by atoms with Crippen molar-refractivity contribution in [3.05, 3.63) is 60.3 Å². The van der Waals surface area contributed by atoms with Gasteiger partial charge in [-0.1, -0.05) is 140 Å². The largest absolute Gasteiger partial charge is 0.497 e. The molecular weight excluding hydrogens is 543 g/mol. The molecule has 0 bridgehead atoms. The van der Waals surface area contributed by atoms with E-state index < -0.39 is 0 Å². The van der Waals surface area contributed by atoms with Gasteiger partial charge in [0.15, 0.2) is 0 Å². The number of nitrogens with zero attached hydrogens (tertiary/aromatic N) is 1. The maximum Gasteiger partial charge on any atom is 0.0978 e. The van der Waals surface area contributed by atoms with Gasteiger partial charge in [0.05, 0.1) is 12.4 Å². The summed E-state index contributed by atoms with van der Waals surface area (Å²) in [6.45, 7) is 4.52. The van der Waals surface area contributed by atoms with Crippen molar-refractivity contribution in [1.82, 2.24) is 4.31 Å². The highest BCUT2D eigenvalue weighted by molar-refractivity contribution is 7.99. The molecule has 0 amide bonds. The average molecular weight is 616 g/mol. The number of ether oxygens (including phenoxy) is 1. The second-order valence-electron chi connectivity index (χ2n) is 12.3. The van der Waals surface area contributed by atoms with Crippen molar-refractivity contribution < 1.29 is 4.74 Å². The minimum Gasteiger partial charge on any atom is -0.497 e. The van der Waals surface area contributed by atoms with E-state index in [4.69, 9.17) is 4.74 Å². The van der Waals surface area contributed by atoms with Crippen LogP contribution < -0.4 is 0 Å². The molecule has 0 saturated heterocycles. The number of hydrogen-bond donors (Lipinski definition) is 0. The first-order valence-corrected chi connectivity index (χ1v) is 19.3. The van der Waals surface area contributed by atoms with E-state index in [-0.39, 0.29) is 0 Å². The van der Waals surface area contributed by atoms with Crippen LogP contribution in [0.25, 0.3) is 0 Å². The Hall–Kier alpha value is -1.19. The van der Waals surface area contributed by atoms with Crippen LogP contribution in [0.5, 0.6) is 0 Å². The van der Waals surface area contributed by atoms with Crippen LogP contribution in [0.15, 0.2) is 60.3 Å². The number of rotatable bonds is 33. The molecule has 2 nitrogen and oxygen atoms in total. The van der Waals surface area contributed by atoms with E-state index in [0.29, 0.717) is 6.10 Å². The van der Waals surface area contributed by atoms with Gasteiger partial charge in [0.1, 0.15) is 0 Å². The summed E-state index contributed by atoms with van der Waals surface area (Å²) in [6.07, 6.45) is 53.5. The Morgan fingerprint density at radius 2 is 0.884 bits per heavy atom. The summed E-state index contributed by atoms with van der Waals surface area (Å²) < 4.78 is 8.28. The van der Waals surface area contributed by atoms with Crippen molar-refractivity contribution in [3.63, 3.8) is 0 Å². The molecule has 0 fully saturated rings. The maximum atomic E-state index is 6.18. The van der Waals surface area contributed by atoms with Crippen molar-refractivity contribution in [2.45, 2.75) is 180 Å². The lowest BCUT2D eigenvalue weighted by Gasteiger charge is -2.17. The highest BCUT2D eigenvalue weighted by Crippen LogP contribution is 2.18. The molecular formula is C40H73NOS. The molecule has 0 heterocycles. The zero-order valence-corrected chi connectivity index (χ0v) is 30.1. The summed E-state index contributed by atoms with van der Waals surface area (Å²) in [6, 6.07) is 0. The van der Waals surface area contributed by atoms with Crippen LogP contribution >= 0.6 is 11.9 Å². The minimum atomic E-state index is 0.381. The molecule has 250 valence electrons. The van der Waals surface area contributed by atoms with Gasteiger partial charge < -0.3 is 4.74 Å². The third-order valence-corrected chi connectivity index (χ3v) is 8.46. The van der Waals surface area contributed by atoms with Gasteiger partial charge in [-0.15, -0.1) is 0 Å². The number of allylic oxidation sites excluding steroid dienone is 8. The monoisotopic (exact) mass is 616 g/mol. The van der Waals surface area contributed by atoms with E-state index in [9.17, 15) is 0 Å². The predicted molar refractivity (Wildman–Crippen MR) is 199 cm³/mol. The van der Waals surface area contributed by atoms with Crippen LogP contribution in [0, 0.1) is 0 Å². The van der Waals surface area contributed by atoms with Crippen LogP contribution in [-0.4, -0.2) is 24.5 Å². The van der Waals surface area contributed by atoms with E-state index in [0.717, 1.165) is 12.8 Å². The lowest BCUT2D eigenvalue weighted by atomic mass is 10.0. The molecule has 0 aliphatic rings. The van der Waals surface area contributed by atoms with Crippen molar-refractivity contribution in [2.24, 2.45) is 0 Å². The highest BCUT2D eigenvalue weighted by Gasteiger charge is 2.08. The number of hydrogen-bond acceptors (Lipinski definition) is 3. The van der Waals surface area contributed by atoms with Gasteiger partial charge in [0.25, 0.3) is 0 Å². The van der Waals surface area contributed by atoms with Gasteiger partial charge in [0, 0.05) is 5.41 Å². The lowest BCUT2D eigenvalue weighted by molar-refractivity contribution is 0.121. The van der Waals surface area contributed by atoms with Crippen molar-refractivity contribution in [2.75, 3.05) is 14.1 Å². The summed E-state index contributed by atoms with van der Waals surface area (Å²) in [5.74, 6) is 0. The first kappa shape index (κ1) is 41.8. The SMILES string of the molecule is CCCC/C=C\C/C=C\CCCCCCCCC(CCCCCCCC/C=C\C/C=C\CCCCC)O/C=C/SN(C)C. The van der Waals surface area contributed by atoms with E-state index >= 15 is 0 Å². The fourth-order valence-corrected chi connectivity index (χ4v) is 5.46. The summed E-state index contributed by atoms with van der Waals surface area (Å²) in [4.78, 5) is 0. The van der Waals surface area contributed by atoms with E-state index in [2.05, 4.69) is 86.3 Å². The van der Waals surface area contributed by atoms with Crippen molar-refractivity contribution in [3.8, 4) is 0 Å². The molecule has 0 aromatic carbocycles. The van der Waals surface area contributed by atoms with Gasteiger partial charge in [0.2, 0.25) is 0 Å². The maximum absolute atomic E-state index is 6.18. The zero-order chi connectivity index (χ0) is 31.3. The van der Waals surface area contributed by atoms with Gasteiger partial charge in [-0.25, -0.2) is 0 Å². The molecule has 0 aromatic rings. The second kappa shape index (κ2) is 37.0. The van der Waals surface area contributed by atoms with E-state index in [1.807, 2.05) is 6.26 Å². The normalized spacial score (nSPS) is 13.3. The Labute approximate surface area is 275 Å². The lowest BCUT2D eigenvalue weighted by Crippen LogP contribution is -2.10. The topological polar surface area (TPSA) is 12.5 Å². The van der Waals surface area contributed by atoms with Gasteiger partial charge >= 0.3 is 0 Å². The molecule has 0 saturated carbocycles. The van der Waals surface area contributed by atoms with Gasteiger partial charge in [-0.2, -0.15) is 0 Å². The van der Waals surface area contributed by atoms with Crippen LogP contribution in [0.3, 0.4) is 0 Å². The van der Waals surface area contributed by atoms with E-state index in [1.54, 1.807) is 11.9 Å². The Bertz CT molecular complexity index is 678. The Morgan fingerprint density at radius 3 is 1.33 bits per heavy atom. The summed E-state index contributed by atoms with van der Waals surface area (Å²) >= 11 is 1.68. The Kier molecular flexibility index (Phi) is 36.0. The fourth-order valence-electron chi connectivity index (χ4n) is 5.10. The molecule has 0 rings (SSSR count). The van der Waals surface area contributed by atoms with Crippen molar-refractivity contribution >= 4 is 11.9 Å².